The van der Waals surface area contributed by atoms with Crippen molar-refractivity contribution in [2.24, 2.45) is 0 Å². The van der Waals surface area contributed by atoms with E-state index in [0.29, 0.717) is 16.8 Å². The van der Waals surface area contributed by atoms with Crippen molar-refractivity contribution in [3.05, 3.63) is 119 Å². The summed E-state index contributed by atoms with van der Waals surface area (Å²) in [6.45, 7) is 4.34. The Morgan fingerprint density at radius 3 is 1.28 bits per heavy atom. The predicted molar refractivity (Wildman–Crippen MR) is 189 cm³/mol. The molecule has 0 heterocycles. The van der Waals surface area contributed by atoms with Crippen LogP contribution in [0.25, 0.3) is 0 Å². The SMILES string of the molecule is CCCCc1ccc(C(=O)Cl)cc1.CCCCc1ccc(C(=O)Nc2ccc(N)cc2)cc1.Cl.Cl.Nc1ccc(N)cc1. The highest BCUT2D eigenvalue weighted by Crippen LogP contribution is 2.14. The predicted octanol–water partition coefficient (Wildman–Crippen LogP) is 8.97. The molecule has 0 fully saturated rings. The van der Waals surface area contributed by atoms with Crippen molar-refractivity contribution < 1.29 is 9.59 Å². The maximum atomic E-state index is 12.1. The van der Waals surface area contributed by atoms with E-state index >= 15 is 0 Å². The molecule has 0 radical (unpaired) electrons. The number of nitrogens with one attached hydrogen (secondary N) is 1. The Morgan fingerprint density at radius 1 is 0.581 bits per heavy atom. The number of unbranched alkanes of at least 4 members (excludes halogenated alkanes) is 2. The van der Waals surface area contributed by atoms with Crippen molar-refractivity contribution in [2.75, 3.05) is 22.5 Å². The number of carbonyl (C=O) groups excluding carboxylic acids is 2. The lowest BCUT2D eigenvalue weighted by molar-refractivity contribution is 0.102. The van der Waals surface area contributed by atoms with Crippen LogP contribution in [0.2, 0.25) is 0 Å². The zero-order valence-corrected chi connectivity index (χ0v) is 27.1. The number of hydrogen-bond donors (Lipinski definition) is 4. The monoisotopic (exact) mass is 644 g/mol. The van der Waals surface area contributed by atoms with Gasteiger partial charge in [-0.05, 0) is 121 Å². The molecule has 4 aromatic rings. The van der Waals surface area contributed by atoms with E-state index in [-0.39, 0.29) is 36.0 Å². The highest BCUT2D eigenvalue weighted by atomic mass is 35.5. The first-order chi connectivity index (χ1) is 19.7. The zero-order chi connectivity index (χ0) is 30.0. The van der Waals surface area contributed by atoms with E-state index < -0.39 is 0 Å². The topological polar surface area (TPSA) is 124 Å². The molecule has 0 saturated carbocycles. The Labute approximate surface area is 273 Å². The number of halogens is 3. The molecule has 0 bridgehead atoms. The van der Waals surface area contributed by atoms with Crippen molar-refractivity contribution in [1.82, 2.24) is 0 Å². The van der Waals surface area contributed by atoms with E-state index in [2.05, 4.69) is 19.2 Å². The number of nitrogens with two attached hydrogens (primary N) is 3. The number of nitrogen functional groups attached to an aromatic ring is 3. The first kappa shape index (κ1) is 39.3. The van der Waals surface area contributed by atoms with Crippen LogP contribution in [-0.4, -0.2) is 11.1 Å². The smallest absolute Gasteiger partial charge is 0.255 e. The second-order valence-electron chi connectivity index (χ2n) is 9.62. The van der Waals surface area contributed by atoms with Crippen LogP contribution in [0.1, 0.15) is 71.4 Å². The third-order valence-corrected chi connectivity index (χ3v) is 6.36. The molecule has 4 rings (SSSR count). The molecule has 43 heavy (non-hydrogen) atoms. The number of hydrogen-bond acceptors (Lipinski definition) is 5. The molecule has 0 aliphatic heterocycles. The van der Waals surface area contributed by atoms with Crippen LogP contribution >= 0.6 is 36.4 Å². The van der Waals surface area contributed by atoms with Gasteiger partial charge in [0.2, 0.25) is 0 Å². The zero-order valence-electron chi connectivity index (χ0n) is 24.7. The van der Waals surface area contributed by atoms with Gasteiger partial charge in [-0.25, -0.2) is 0 Å². The lowest BCUT2D eigenvalue weighted by Crippen LogP contribution is -2.11. The van der Waals surface area contributed by atoms with Crippen LogP contribution in [0.5, 0.6) is 0 Å². The third-order valence-electron chi connectivity index (χ3n) is 6.14. The van der Waals surface area contributed by atoms with Gasteiger partial charge in [0, 0.05) is 33.9 Å². The fourth-order valence-corrected chi connectivity index (χ4v) is 3.78. The van der Waals surface area contributed by atoms with Gasteiger partial charge in [0.15, 0.2) is 0 Å². The van der Waals surface area contributed by atoms with Crippen LogP contribution in [-0.2, 0) is 12.8 Å². The van der Waals surface area contributed by atoms with Crippen molar-refractivity contribution in [3.63, 3.8) is 0 Å². The van der Waals surface area contributed by atoms with E-state index in [4.69, 9.17) is 28.8 Å². The summed E-state index contributed by atoms with van der Waals surface area (Å²) in [6.07, 6.45) is 6.88. The molecule has 1 amide bonds. The second-order valence-corrected chi connectivity index (χ2v) is 9.96. The number of rotatable bonds is 9. The van der Waals surface area contributed by atoms with E-state index in [1.54, 1.807) is 60.7 Å². The summed E-state index contributed by atoms with van der Waals surface area (Å²) < 4.78 is 0. The fourth-order valence-electron chi connectivity index (χ4n) is 3.65. The Balaban J connectivity index is 0.000000661. The van der Waals surface area contributed by atoms with Crippen LogP contribution in [0.4, 0.5) is 22.7 Å². The van der Waals surface area contributed by atoms with Crippen molar-refractivity contribution in [3.8, 4) is 0 Å². The summed E-state index contributed by atoms with van der Waals surface area (Å²) in [7, 11) is 0. The Hall–Kier alpha value is -3.71. The van der Waals surface area contributed by atoms with Crippen LogP contribution in [0.15, 0.2) is 97.1 Å². The maximum absolute atomic E-state index is 12.1. The van der Waals surface area contributed by atoms with Gasteiger partial charge in [-0.2, -0.15) is 0 Å². The molecule has 6 nitrogen and oxygen atoms in total. The summed E-state index contributed by atoms with van der Waals surface area (Å²) in [6, 6.07) is 29.5. The average Bonchev–Trinajstić information content (AvgIpc) is 2.99. The maximum Gasteiger partial charge on any atom is 0.255 e. The quantitative estimate of drug-likeness (QED) is 0.107. The molecule has 0 unspecified atom stereocenters. The molecule has 0 saturated heterocycles. The van der Waals surface area contributed by atoms with Gasteiger partial charge in [0.25, 0.3) is 11.1 Å². The summed E-state index contributed by atoms with van der Waals surface area (Å²) in [5.41, 5.74) is 23.1. The van der Waals surface area contributed by atoms with E-state index in [1.165, 1.54) is 36.8 Å². The second kappa shape index (κ2) is 21.9. The van der Waals surface area contributed by atoms with E-state index in [1.807, 2.05) is 36.4 Å². The highest BCUT2D eigenvalue weighted by molar-refractivity contribution is 6.67. The van der Waals surface area contributed by atoms with Gasteiger partial charge in [0.1, 0.15) is 0 Å². The molecule has 4 aromatic carbocycles. The van der Waals surface area contributed by atoms with Gasteiger partial charge in [-0.15, -0.1) is 24.8 Å². The number of carbonyl (C=O) groups is 2. The number of amides is 1. The van der Waals surface area contributed by atoms with Gasteiger partial charge in [0.05, 0.1) is 0 Å². The van der Waals surface area contributed by atoms with Gasteiger partial charge in [-0.3, -0.25) is 9.59 Å². The van der Waals surface area contributed by atoms with E-state index in [0.717, 1.165) is 29.9 Å². The summed E-state index contributed by atoms with van der Waals surface area (Å²) >= 11 is 5.32. The molecule has 0 spiro atoms. The Morgan fingerprint density at radius 2 is 0.930 bits per heavy atom. The first-order valence-corrected chi connectivity index (χ1v) is 14.2. The highest BCUT2D eigenvalue weighted by Gasteiger charge is 2.06. The molecule has 9 heteroatoms. The van der Waals surface area contributed by atoms with E-state index in [9.17, 15) is 9.59 Å². The Kier molecular flexibility index (Phi) is 20.0. The molecular formula is C34H43Cl3N4O2. The molecule has 0 aliphatic carbocycles. The van der Waals surface area contributed by atoms with Crippen molar-refractivity contribution in [2.45, 2.75) is 52.4 Å². The van der Waals surface area contributed by atoms with Crippen LogP contribution in [0.3, 0.4) is 0 Å². The van der Waals surface area contributed by atoms with Crippen LogP contribution < -0.4 is 22.5 Å². The summed E-state index contributed by atoms with van der Waals surface area (Å²) in [5.74, 6) is -0.100. The van der Waals surface area contributed by atoms with Gasteiger partial charge < -0.3 is 22.5 Å². The molecule has 0 atom stereocenters. The Bertz CT molecular complexity index is 1310. The normalized spacial score (nSPS) is 9.47. The summed E-state index contributed by atoms with van der Waals surface area (Å²) in [5, 5.41) is 2.47. The molecular weight excluding hydrogens is 603 g/mol. The molecule has 0 aliphatic rings. The first-order valence-electron chi connectivity index (χ1n) is 13.9. The molecule has 232 valence electrons. The minimum Gasteiger partial charge on any atom is -0.399 e. The summed E-state index contributed by atoms with van der Waals surface area (Å²) in [4.78, 5) is 22.8. The largest absolute Gasteiger partial charge is 0.399 e. The number of anilines is 4. The fraction of sp³-hybridized carbons (Fsp3) is 0.235. The van der Waals surface area contributed by atoms with Crippen molar-refractivity contribution in [1.29, 1.82) is 0 Å². The lowest BCUT2D eigenvalue weighted by atomic mass is 10.1. The van der Waals surface area contributed by atoms with Gasteiger partial charge >= 0.3 is 0 Å². The molecule has 0 aromatic heterocycles. The lowest BCUT2D eigenvalue weighted by Gasteiger charge is -2.06. The number of benzene rings is 4. The van der Waals surface area contributed by atoms with Gasteiger partial charge in [-0.1, -0.05) is 51.0 Å². The molecule has 7 N–H and O–H groups in total. The number of aryl methyl sites for hydroxylation is 2. The minimum atomic E-state index is -0.387. The third kappa shape index (κ3) is 15.9. The minimum absolute atomic E-state index is 0. The van der Waals surface area contributed by atoms with Crippen molar-refractivity contribution >= 4 is 70.3 Å². The average molecular weight is 646 g/mol. The standard InChI is InChI=1S/C17H20N2O.C11H13ClO.C6H8N2.2ClH/c1-2-3-4-13-5-7-14(8-6-13)17(20)19-16-11-9-15(18)10-12-16;1-2-3-4-9-5-7-10(8-6-9)11(12)13;7-5-1-2-6(8)4-3-5;;/h5-12H,2-4,18H2,1H3,(H,19,20);5-8H,2-4H2,1H3;1-4H,7-8H2;2*1H. The van der Waals surface area contributed by atoms with Crippen LogP contribution in [0, 0.1) is 0 Å².